The fourth-order valence-electron chi connectivity index (χ4n) is 1.94. The molecule has 1 heterocycles. The van der Waals surface area contributed by atoms with Crippen molar-refractivity contribution >= 4 is 5.91 Å². The van der Waals surface area contributed by atoms with Gasteiger partial charge in [0.15, 0.2) is 0 Å². The van der Waals surface area contributed by atoms with E-state index in [0.29, 0.717) is 13.0 Å². The van der Waals surface area contributed by atoms with Gasteiger partial charge in [-0.05, 0) is 25.0 Å². The summed E-state index contributed by atoms with van der Waals surface area (Å²) in [5, 5.41) is 9.31. The van der Waals surface area contributed by atoms with Gasteiger partial charge < -0.3 is 10.0 Å². The highest BCUT2D eigenvalue weighted by Gasteiger charge is 2.29. The summed E-state index contributed by atoms with van der Waals surface area (Å²) in [4.78, 5) is 13.2. The van der Waals surface area contributed by atoms with Gasteiger partial charge in [-0.15, -0.1) is 0 Å². The summed E-state index contributed by atoms with van der Waals surface area (Å²) >= 11 is 0. The van der Waals surface area contributed by atoms with Gasteiger partial charge >= 0.3 is 0 Å². The average Bonchev–Trinajstić information content (AvgIpc) is 2.71. The third-order valence-corrected chi connectivity index (χ3v) is 2.95. The fourth-order valence-corrected chi connectivity index (χ4v) is 1.94. The molecule has 1 aromatic carbocycles. The molecule has 1 aliphatic rings. The molecule has 3 nitrogen and oxygen atoms in total. The Morgan fingerprint density at radius 2 is 2.18 bits per heavy atom. The molecule has 0 saturated carbocycles. The first-order chi connectivity index (χ1) is 8.00. The van der Waals surface area contributed by atoms with Crippen molar-refractivity contribution in [2.45, 2.75) is 19.4 Å². The Labute approximate surface area is 97.7 Å². The lowest BCUT2D eigenvalue weighted by Crippen LogP contribution is -2.31. The summed E-state index contributed by atoms with van der Waals surface area (Å²) < 4.78 is 27.2. The van der Waals surface area contributed by atoms with Gasteiger partial charge in [-0.3, -0.25) is 4.79 Å². The van der Waals surface area contributed by atoms with Gasteiger partial charge in [0.1, 0.15) is 17.2 Å². The van der Waals surface area contributed by atoms with Gasteiger partial charge in [-0.25, -0.2) is 8.78 Å². The number of hydrogen-bond donors (Lipinski definition) is 1. The number of aryl methyl sites for hydroxylation is 1. The van der Waals surface area contributed by atoms with Crippen LogP contribution in [0.4, 0.5) is 8.78 Å². The van der Waals surface area contributed by atoms with Crippen molar-refractivity contribution in [1.82, 2.24) is 4.90 Å². The van der Waals surface area contributed by atoms with Crippen LogP contribution in [0.5, 0.6) is 0 Å². The van der Waals surface area contributed by atoms with Crippen LogP contribution in [0, 0.1) is 18.6 Å². The number of carbonyl (C=O) groups is 1. The summed E-state index contributed by atoms with van der Waals surface area (Å²) in [6, 6.07) is 2.37. The molecule has 1 atom stereocenters. The zero-order valence-corrected chi connectivity index (χ0v) is 9.41. The smallest absolute Gasteiger partial charge is 0.259 e. The highest BCUT2D eigenvalue weighted by molar-refractivity contribution is 5.95. The Balaban J connectivity index is 2.34. The molecular weight excluding hydrogens is 228 g/mol. The molecule has 17 heavy (non-hydrogen) atoms. The second-order valence-electron chi connectivity index (χ2n) is 4.25. The fraction of sp³-hybridized carbons (Fsp3) is 0.417. The van der Waals surface area contributed by atoms with E-state index < -0.39 is 29.2 Å². The van der Waals surface area contributed by atoms with Gasteiger partial charge in [-0.1, -0.05) is 6.07 Å². The number of rotatable bonds is 1. The van der Waals surface area contributed by atoms with Crippen molar-refractivity contribution in [1.29, 1.82) is 0 Å². The SMILES string of the molecule is Cc1ccc(F)c(C(=O)N2CCC(O)C2)c1F. The summed E-state index contributed by atoms with van der Waals surface area (Å²) in [6.45, 7) is 1.93. The lowest BCUT2D eigenvalue weighted by Gasteiger charge is -2.16. The minimum absolute atomic E-state index is 0.131. The molecule has 92 valence electrons. The van der Waals surface area contributed by atoms with Crippen LogP contribution in [0.1, 0.15) is 22.3 Å². The van der Waals surface area contributed by atoms with Crippen molar-refractivity contribution in [3.63, 3.8) is 0 Å². The maximum Gasteiger partial charge on any atom is 0.259 e. The first-order valence-electron chi connectivity index (χ1n) is 5.42. The first kappa shape index (κ1) is 12.0. The number of benzene rings is 1. The normalized spacial score (nSPS) is 19.8. The van der Waals surface area contributed by atoms with E-state index in [1.54, 1.807) is 0 Å². The predicted molar refractivity (Wildman–Crippen MR) is 57.6 cm³/mol. The van der Waals surface area contributed by atoms with E-state index in [1.807, 2.05) is 0 Å². The van der Waals surface area contributed by atoms with Crippen LogP contribution in [-0.4, -0.2) is 35.1 Å². The van der Waals surface area contributed by atoms with Gasteiger partial charge in [-0.2, -0.15) is 0 Å². The topological polar surface area (TPSA) is 40.5 Å². The Morgan fingerprint density at radius 3 is 2.76 bits per heavy atom. The number of nitrogens with zero attached hydrogens (tertiary/aromatic N) is 1. The minimum Gasteiger partial charge on any atom is -0.391 e. The van der Waals surface area contributed by atoms with Gasteiger partial charge in [0, 0.05) is 13.1 Å². The summed E-state index contributed by atoms with van der Waals surface area (Å²) in [5.41, 5.74) is -0.298. The standard InChI is InChI=1S/C12H13F2NO2/c1-7-2-3-9(13)10(11(7)14)12(17)15-5-4-8(16)6-15/h2-3,8,16H,4-6H2,1H3. The van der Waals surface area contributed by atoms with Crippen molar-refractivity contribution in [3.8, 4) is 0 Å². The van der Waals surface area contributed by atoms with Gasteiger partial charge in [0.25, 0.3) is 5.91 Å². The van der Waals surface area contributed by atoms with Crippen LogP contribution in [0.15, 0.2) is 12.1 Å². The van der Waals surface area contributed by atoms with E-state index >= 15 is 0 Å². The van der Waals surface area contributed by atoms with Gasteiger partial charge in [0.2, 0.25) is 0 Å². The number of hydrogen-bond acceptors (Lipinski definition) is 2. The number of β-amino-alcohol motifs (C(OH)–C–C–N with tert-alkyl or cyclic N) is 1. The first-order valence-corrected chi connectivity index (χ1v) is 5.42. The Kier molecular flexibility index (Phi) is 3.11. The number of halogens is 2. The molecule has 0 aromatic heterocycles. The zero-order chi connectivity index (χ0) is 12.6. The lowest BCUT2D eigenvalue weighted by atomic mass is 10.1. The van der Waals surface area contributed by atoms with E-state index in [1.165, 1.54) is 17.9 Å². The molecule has 1 aromatic rings. The quantitative estimate of drug-likeness (QED) is 0.809. The molecular formula is C12H13F2NO2. The summed E-state index contributed by atoms with van der Waals surface area (Å²) in [5.74, 6) is -2.38. The summed E-state index contributed by atoms with van der Waals surface area (Å²) in [7, 11) is 0. The monoisotopic (exact) mass is 241 g/mol. The zero-order valence-electron chi connectivity index (χ0n) is 9.41. The molecule has 0 spiro atoms. The minimum atomic E-state index is -0.862. The molecule has 1 fully saturated rings. The van der Waals surface area contributed by atoms with Crippen molar-refractivity contribution in [2.24, 2.45) is 0 Å². The average molecular weight is 241 g/mol. The number of likely N-dealkylation sites (tertiary alicyclic amines) is 1. The van der Waals surface area contributed by atoms with E-state index in [9.17, 15) is 18.7 Å². The molecule has 0 radical (unpaired) electrons. The Morgan fingerprint density at radius 1 is 1.47 bits per heavy atom. The Bertz CT molecular complexity index is 462. The molecule has 1 saturated heterocycles. The van der Waals surface area contributed by atoms with Crippen molar-refractivity contribution in [3.05, 3.63) is 34.9 Å². The molecule has 1 aliphatic heterocycles. The molecule has 5 heteroatoms. The third kappa shape index (κ3) is 2.15. The van der Waals surface area contributed by atoms with E-state index in [0.717, 1.165) is 6.07 Å². The van der Waals surface area contributed by atoms with E-state index in [-0.39, 0.29) is 12.1 Å². The molecule has 0 aliphatic carbocycles. The van der Waals surface area contributed by atoms with Crippen LogP contribution in [0.3, 0.4) is 0 Å². The third-order valence-electron chi connectivity index (χ3n) is 2.95. The predicted octanol–water partition coefficient (Wildman–Crippen LogP) is 1.48. The largest absolute Gasteiger partial charge is 0.391 e. The highest BCUT2D eigenvalue weighted by atomic mass is 19.1. The van der Waals surface area contributed by atoms with Crippen LogP contribution >= 0.6 is 0 Å². The number of carbonyl (C=O) groups excluding carboxylic acids is 1. The molecule has 1 unspecified atom stereocenters. The number of amides is 1. The second-order valence-corrected chi connectivity index (χ2v) is 4.25. The van der Waals surface area contributed by atoms with Crippen LogP contribution in [-0.2, 0) is 0 Å². The van der Waals surface area contributed by atoms with E-state index in [2.05, 4.69) is 0 Å². The lowest BCUT2D eigenvalue weighted by molar-refractivity contribution is 0.0755. The van der Waals surface area contributed by atoms with Crippen LogP contribution in [0.25, 0.3) is 0 Å². The maximum absolute atomic E-state index is 13.7. The number of aliphatic hydroxyl groups is 1. The van der Waals surface area contributed by atoms with Crippen molar-refractivity contribution in [2.75, 3.05) is 13.1 Å². The second kappa shape index (κ2) is 4.41. The van der Waals surface area contributed by atoms with E-state index in [4.69, 9.17) is 0 Å². The van der Waals surface area contributed by atoms with Gasteiger partial charge in [0.05, 0.1) is 6.10 Å². The molecule has 1 N–H and O–H groups in total. The summed E-state index contributed by atoms with van der Waals surface area (Å²) in [6.07, 6.45) is -0.157. The Hall–Kier alpha value is -1.49. The number of aliphatic hydroxyl groups excluding tert-OH is 1. The molecule has 0 bridgehead atoms. The highest BCUT2D eigenvalue weighted by Crippen LogP contribution is 2.20. The molecule has 2 rings (SSSR count). The van der Waals surface area contributed by atoms with Crippen LogP contribution < -0.4 is 0 Å². The van der Waals surface area contributed by atoms with Crippen molar-refractivity contribution < 1.29 is 18.7 Å². The molecule has 1 amide bonds. The maximum atomic E-state index is 13.7. The van der Waals surface area contributed by atoms with Crippen LogP contribution in [0.2, 0.25) is 0 Å².